The summed E-state index contributed by atoms with van der Waals surface area (Å²) in [7, 11) is 0. The molecular formula is C10H13NO2. The number of pyridine rings is 1. The normalized spacial score (nSPS) is 12.5. The molecule has 1 aromatic heterocycles. The Hall–Kier alpha value is -1.22. The zero-order valence-corrected chi connectivity index (χ0v) is 7.60. The molecule has 1 heterocycles. The van der Waals surface area contributed by atoms with Crippen molar-refractivity contribution in [1.29, 1.82) is 0 Å². The minimum absolute atomic E-state index is 0.131. The number of hydrogen-bond donors (Lipinski definition) is 1. The van der Waals surface area contributed by atoms with E-state index in [2.05, 4.69) is 4.98 Å². The summed E-state index contributed by atoms with van der Waals surface area (Å²) in [4.78, 5) is 15.1. The van der Waals surface area contributed by atoms with Crippen LogP contribution in [-0.2, 0) is 4.79 Å². The second-order valence-corrected chi connectivity index (χ2v) is 2.90. The van der Waals surface area contributed by atoms with Crippen LogP contribution in [0.1, 0.15) is 31.4 Å². The van der Waals surface area contributed by atoms with Crippen molar-refractivity contribution >= 4 is 5.78 Å². The second-order valence-electron chi connectivity index (χ2n) is 2.90. The maximum Gasteiger partial charge on any atom is 0.165 e. The molecule has 0 spiro atoms. The molecule has 13 heavy (non-hydrogen) atoms. The zero-order chi connectivity index (χ0) is 9.68. The van der Waals surface area contributed by atoms with Crippen LogP contribution in [0.3, 0.4) is 0 Å². The van der Waals surface area contributed by atoms with Gasteiger partial charge in [0.2, 0.25) is 0 Å². The summed E-state index contributed by atoms with van der Waals surface area (Å²) in [5.74, 6) is -0.131. The van der Waals surface area contributed by atoms with Gasteiger partial charge in [0, 0.05) is 18.8 Å². The average molecular weight is 179 g/mol. The zero-order valence-electron chi connectivity index (χ0n) is 7.60. The number of aliphatic hydroxyl groups is 1. The van der Waals surface area contributed by atoms with Crippen molar-refractivity contribution in [1.82, 2.24) is 4.98 Å². The van der Waals surface area contributed by atoms with Crippen molar-refractivity contribution in [3.63, 3.8) is 0 Å². The van der Waals surface area contributed by atoms with Crippen molar-refractivity contribution in [2.75, 3.05) is 0 Å². The Morgan fingerprint density at radius 3 is 2.69 bits per heavy atom. The van der Waals surface area contributed by atoms with Gasteiger partial charge in [0.15, 0.2) is 5.78 Å². The number of nitrogens with zero attached hydrogens (tertiary/aromatic N) is 1. The molecule has 0 radical (unpaired) electrons. The van der Waals surface area contributed by atoms with E-state index in [-0.39, 0.29) is 5.78 Å². The van der Waals surface area contributed by atoms with Crippen molar-refractivity contribution in [3.05, 3.63) is 30.1 Å². The number of rotatable bonds is 4. The smallest absolute Gasteiger partial charge is 0.165 e. The highest BCUT2D eigenvalue weighted by Gasteiger charge is 2.15. The highest BCUT2D eigenvalue weighted by molar-refractivity contribution is 5.83. The first-order chi connectivity index (χ1) is 6.25. The molecule has 0 aliphatic rings. The number of carbonyl (C=O) groups is 1. The van der Waals surface area contributed by atoms with Gasteiger partial charge in [-0.15, -0.1) is 0 Å². The Morgan fingerprint density at radius 1 is 1.54 bits per heavy atom. The Morgan fingerprint density at radius 2 is 2.15 bits per heavy atom. The molecule has 0 saturated carbocycles. The Balaban J connectivity index is 2.68. The largest absolute Gasteiger partial charge is 0.381 e. The van der Waals surface area contributed by atoms with Gasteiger partial charge >= 0.3 is 0 Å². The summed E-state index contributed by atoms with van der Waals surface area (Å²) in [6.07, 6.45) is 3.34. The van der Waals surface area contributed by atoms with E-state index in [0.29, 0.717) is 12.0 Å². The lowest BCUT2D eigenvalue weighted by Gasteiger charge is -2.07. The molecule has 1 unspecified atom stereocenters. The Kier molecular flexibility index (Phi) is 3.58. The van der Waals surface area contributed by atoms with Gasteiger partial charge in [-0.3, -0.25) is 9.78 Å². The Bertz CT molecular complexity index is 272. The molecule has 0 bridgehead atoms. The monoisotopic (exact) mass is 179 g/mol. The predicted octanol–water partition coefficient (Wildman–Crippen LogP) is 1.48. The molecule has 0 saturated heterocycles. The van der Waals surface area contributed by atoms with E-state index in [1.165, 1.54) is 0 Å². The quantitative estimate of drug-likeness (QED) is 0.761. The maximum atomic E-state index is 11.3. The summed E-state index contributed by atoms with van der Waals surface area (Å²) in [5, 5.41) is 9.54. The van der Waals surface area contributed by atoms with E-state index in [1.807, 2.05) is 6.92 Å². The third kappa shape index (κ3) is 2.63. The molecule has 0 aliphatic heterocycles. The SMILES string of the molecule is CCCC(=O)C(O)c1ccncc1. The van der Waals surface area contributed by atoms with Crippen LogP contribution < -0.4 is 0 Å². The molecule has 1 N–H and O–H groups in total. The van der Waals surface area contributed by atoms with Gasteiger partial charge in [-0.05, 0) is 24.1 Å². The van der Waals surface area contributed by atoms with Crippen LogP contribution in [-0.4, -0.2) is 15.9 Å². The standard InChI is InChI=1S/C10H13NO2/c1-2-3-9(12)10(13)8-4-6-11-7-5-8/h4-7,10,13H,2-3H2,1H3. The first kappa shape index (κ1) is 9.86. The molecule has 0 fully saturated rings. The average Bonchev–Trinajstić information content (AvgIpc) is 2.18. The number of ketones is 1. The molecule has 0 aliphatic carbocycles. The first-order valence-electron chi connectivity index (χ1n) is 4.36. The molecule has 0 aromatic carbocycles. The number of carbonyl (C=O) groups excluding carboxylic acids is 1. The van der Waals surface area contributed by atoms with Gasteiger partial charge in [-0.2, -0.15) is 0 Å². The number of aliphatic hydroxyl groups excluding tert-OH is 1. The van der Waals surface area contributed by atoms with E-state index in [9.17, 15) is 9.90 Å². The van der Waals surface area contributed by atoms with Crippen LogP contribution in [0.4, 0.5) is 0 Å². The summed E-state index contributed by atoms with van der Waals surface area (Å²) >= 11 is 0. The maximum absolute atomic E-state index is 11.3. The lowest BCUT2D eigenvalue weighted by molar-refractivity contribution is -0.127. The lowest BCUT2D eigenvalue weighted by Crippen LogP contribution is -2.11. The van der Waals surface area contributed by atoms with Gasteiger partial charge in [0.05, 0.1) is 0 Å². The minimum Gasteiger partial charge on any atom is -0.381 e. The van der Waals surface area contributed by atoms with Crippen LogP contribution in [0.25, 0.3) is 0 Å². The van der Waals surface area contributed by atoms with Crippen LogP contribution in [0.5, 0.6) is 0 Å². The number of hydrogen-bond acceptors (Lipinski definition) is 3. The van der Waals surface area contributed by atoms with Crippen molar-refractivity contribution in [2.45, 2.75) is 25.9 Å². The van der Waals surface area contributed by atoms with E-state index in [4.69, 9.17) is 0 Å². The summed E-state index contributed by atoms with van der Waals surface area (Å²) < 4.78 is 0. The molecule has 1 rings (SSSR count). The van der Waals surface area contributed by atoms with Gasteiger partial charge in [0.25, 0.3) is 0 Å². The van der Waals surface area contributed by atoms with E-state index in [0.717, 1.165) is 6.42 Å². The van der Waals surface area contributed by atoms with E-state index < -0.39 is 6.10 Å². The molecule has 3 nitrogen and oxygen atoms in total. The summed E-state index contributed by atoms with van der Waals surface area (Å²) in [6, 6.07) is 3.30. The minimum atomic E-state index is -0.983. The van der Waals surface area contributed by atoms with Crippen molar-refractivity contribution in [3.8, 4) is 0 Å². The topological polar surface area (TPSA) is 50.2 Å². The first-order valence-corrected chi connectivity index (χ1v) is 4.36. The fourth-order valence-electron chi connectivity index (χ4n) is 1.11. The molecule has 1 atom stereocenters. The number of aromatic nitrogens is 1. The fourth-order valence-corrected chi connectivity index (χ4v) is 1.11. The van der Waals surface area contributed by atoms with Gasteiger partial charge in [-0.25, -0.2) is 0 Å². The summed E-state index contributed by atoms with van der Waals surface area (Å²) in [6.45, 7) is 1.91. The third-order valence-electron chi connectivity index (χ3n) is 1.82. The molecule has 70 valence electrons. The number of Topliss-reactive ketones (excluding diaryl/α,β-unsaturated/α-hetero) is 1. The molecule has 0 amide bonds. The van der Waals surface area contributed by atoms with Crippen LogP contribution >= 0.6 is 0 Å². The van der Waals surface area contributed by atoms with Crippen LogP contribution in [0.15, 0.2) is 24.5 Å². The fraction of sp³-hybridized carbons (Fsp3) is 0.400. The third-order valence-corrected chi connectivity index (χ3v) is 1.82. The summed E-state index contributed by atoms with van der Waals surface area (Å²) in [5.41, 5.74) is 0.619. The molecular weight excluding hydrogens is 166 g/mol. The predicted molar refractivity (Wildman–Crippen MR) is 49.1 cm³/mol. The van der Waals surface area contributed by atoms with Crippen LogP contribution in [0.2, 0.25) is 0 Å². The van der Waals surface area contributed by atoms with Gasteiger partial charge in [0.1, 0.15) is 6.10 Å². The molecule has 1 aromatic rings. The van der Waals surface area contributed by atoms with Gasteiger partial charge < -0.3 is 5.11 Å². The van der Waals surface area contributed by atoms with E-state index in [1.54, 1.807) is 24.5 Å². The highest BCUT2D eigenvalue weighted by atomic mass is 16.3. The lowest BCUT2D eigenvalue weighted by atomic mass is 10.0. The van der Waals surface area contributed by atoms with Crippen molar-refractivity contribution in [2.24, 2.45) is 0 Å². The van der Waals surface area contributed by atoms with Gasteiger partial charge in [-0.1, -0.05) is 6.92 Å². The van der Waals surface area contributed by atoms with Crippen molar-refractivity contribution < 1.29 is 9.90 Å². The highest BCUT2D eigenvalue weighted by Crippen LogP contribution is 2.14. The van der Waals surface area contributed by atoms with E-state index >= 15 is 0 Å². The molecule has 3 heteroatoms. The Labute approximate surface area is 77.4 Å². The second kappa shape index (κ2) is 4.72. The van der Waals surface area contributed by atoms with Crippen LogP contribution in [0, 0.1) is 0 Å².